The minimum Gasteiger partial charge on any atom is -0.456 e. The topological polar surface area (TPSA) is 117 Å². The summed E-state index contributed by atoms with van der Waals surface area (Å²) in [5.41, 5.74) is 0. The summed E-state index contributed by atoms with van der Waals surface area (Å²) in [6.07, 6.45) is -5.37. The average Bonchev–Trinajstić information content (AvgIpc) is 2.42. The molecule has 5 atom stereocenters. The minimum atomic E-state index is -1.41. The number of halogens is 1. The van der Waals surface area contributed by atoms with Crippen molar-refractivity contribution in [1.29, 1.82) is 0 Å². The van der Waals surface area contributed by atoms with Gasteiger partial charge in [0.1, 0.15) is 18.8 Å². The van der Waals surface area contributed by atoms with Crippen LogP contribution in [0, 0.1) is 0 Å². The van der Waals surface area contributed by atoms with Gasteiger partial charge in [0.05, 0.1) is 0 Å². The first kappa shape index (κ1) is 19.8. The summed E-state index contributed by atoms with van der Waals surface area (Å²) >= 11 is 0. The molecule has 136 valence electrons. The van der Waals surface area contributed by atoms with Gasteiger partial charge in [-0.2, -0.15) is 0 Å². The third-order valence-electron chi connectivity index (χ3n) is 3.05. The van der Waals surface area contributed by atoms with Crippen LogP contribution in [0.4, 0.5) is 4.39 Å². The molecule has 0 aromatic rings. The van der Waals surface area contributed by atoms with E-state index in [-0.39, 0.29) is 0 Å². The molecule has 1 amide bonds. The highest BCUT2D eigenvalue weighted by molar-refractivity contribution is 5.74. The van der Waals surface area contributed by atoms with Crippen LogP contribution in [0.15, 0.2) is 0 Å². The van der Waals surface area contributed by atoms with Gasteiger partial charge in [-0.3, -0.25) is 19.2 Å². The standard InChI is InChI=1S/C14H20FNO8/c1-6(17)16-11-13(22-8(3)19)12(21-7(2)18)10(5-15)24-14(11)23-9(4)20/h10-14H,5H2,1-4H3,(H,16,17)/t10-,11-,12+,13-,14?/m1/s1. The quantitative estimate of drug-likeness (QED) is 0.527. The predicted octanol–water partition coefficient (Wildman–Crippen LogP) is -0.388. The van der Waals surface area contributed by atoms with E-state index >= 15 is 0 Å². The van der Waals surface area contributed by atoms with E-state index < -0.39 is 61.1 Å². The van der Waals surface area contributed by atoms with E-state index in [1.54, 1.807) is 0 Å². The van der Waals surface area contributed by atoms with Crippen LogP contribution in [-0.2, 0) is 38.1 Å². The summed E-state index contributed by atoms with van der Waals surface area (Å²) in [4.78, 5) is 45.3. The van der Waals surface area contributed by atoms with E-state index in [9.17, 15) is 23.6 Å². The lowest BCUT2D eigenvalue weighted by Crippen LogP contribution is -2.66. The Labute approximate surface area is 137 Å². The molecule has 0 bridgehead atoms. The number of nitrogens with one attached hydrogen (secondary N) is 1. The van der Waals surface area contributed by atoms with Crippen molar-refractivity contribution >= 4 is 23.8 Å². The second-order valence-corrected chi connectivity index (χ2v) is 5.18. The van der Waals surface area contributed by atoms with E-state index in [4.69, 9.17) is 18.9 Å². The van der Waals surface area contributed by atoms with Crippen LogP contribution in [0.3, 0.4) is 0 Å². The van der Waals surface area contributed by atoms with Crippen molar-refractivity contribution in [3.63, 3.8) is 0 Å². The van der Waals surface area contributed by atoms with E-state index in [0.717, 1.165) is 20.8 Å². The molecule has 24 heavy (non-hydrogen) atoms. The molecule has 1 heterocycles. The lowest BCUT2D eigenvalue weighted by atomic mass is 9.96. The Morgan fingerprint density at radius 3 is 1.83 bits per heavy atom. The molecule has 0 aliphatic carbocycles. The third kappa shape index (κ3) is 5.44. The molecular weight excluding hydrogens is 329 g/mol. The van der Waals surface area contributed by atoms with Crippen LogP contribution in [0.25, 0.3) is 0 Å². The molecule has 1 aliphatic rings. The molecule has 0 aromatic carbocycles. The van der Waals surface area contributed by atoms with E-state index in [1.807, 2.05) is 0 Å². The van der Waals surface area contributed by atoms with Gasteiger partial charge in [-0.25, -0.2) is 4.39 Å². The second kappa shape index (κ2) is 8.57. The first-order chi connectivity index (χ1) is 11.1. The molecule has 1 saturated heterocycles. The highest BCUT2D eigenvalue weighted by Gasteiger charge is 2.51. The van der Waals surface area contributed by atoms with Crippen LogP contribution < -0.4 is 5.32 Å². The Hall–Kier alpha value is -2.23. The van der Waals surface area contributed by atoms with Gasteiger partial charge >= 0.3 is 17.9 Å². The summed E-state index contributed by atoms with van der Waals surface area (Å²) in [5.74, 6) is -2.81. The average molecular weight is 349 g/mol. The zero-order valence-corrected chi connectivity index (χ0v) is 13.7. The van der Waals surface area contributed by atoms with Crippen LogP contribution in [0.5, 0.6) is 0 Å². The fourth-order valence-electron chi connectivity index (χ4n) is 2.35. The van der Waals surface area contributed by atoms with Gasteiger partial charge in [0, 0.05) is 27.7 Å². The van der Waals surface area contributed by atoms with Gasteiger partial charge in [-0.05, 0) is 0 Å². The number of carbonyl (C=O) groups excluding carboxylic acids is 4. The van der Waals surface area contributed by atoms with Gasteiger partial charge in [0.25, 0.3) is 0 Å². The van der Waals surface area contributed by atoms with E-state index in [1.165, 1.54) is 6.92 Å². The van der Waals surface area contributed by atoms with Gasteiger partial charge in [0.15, 0.2) is 12.2 Å². The first-order valence-electron chi connectivity index (χ1n) is 7.15. The highest BCUT2D eigenvalue weighted by atomic mass is 19.1. The number of alkyl halides is 1. The van der Waals surface area contributed by atoms with Gasteiger partial charge in [-0.1, -0.05) is 0 Å². The zero-order valence-electron chi connectivity index (χ0n) is 13.7. The fourth-order valence-corrected chi connectivity index (χ4v) is 2.35. The largest absolute Gasteiger partial charge is 0.456 e. The second-order valence-electron chi connectivity index (χ2n) is 5.18. The van der Waals surface area contributed by atoms with Crippen LogP contribution >= 0.6 is 0 Å². The maximum absolute atomic E-state index is 13.3. The molecule has 0 radical (unpaired) electrons. The molecule has 1 fully saturated rings. The molecule has 0 saturated carbocycles. The molecule has 1 rings (SSSR count). The minimum absolute atomic E-state index is 0.543. The summed E-state index contributed by atoms with van der Waals surface area (Å²) in [5, 5.41) is 2.41. The predicted molar refractivity (Wildman–Crippen MR) is 75.1 cm³/mol. The third-order valence-corrected chi connectivity index (χ3v) is 3.05. The number of ether oxygens (including phenoxy) is 4. The maximum atomic E-state index is 13.3. The van der Waals surface area contributed by atoms with Crippen LogP contribution in [-0.4, -0.2) is 61.1 Å². The molecule has 9 nitrogen and oxygen atoms in total. The summed E-state index contributed by atoms with van der Waals surface area (Å²) in [6, 6.07) is -1.18. The molecule has 1 N–H and O–H groups in total. The van der Waals surface area contributed by atoms with Crippen molar-refractivity contribution in [1.82, 2.24) is 5.32 Å². The molecule has 1 unspecified atom stereocenters. The van der Waals surface area contributed by atoms with Crippen molar-refractivity contribution in [3.8, 4) is 0 Å². The summed E-state index contributed by atoms with van der Waals surface area (Å²) in [6.45, 7) is 3.36. The van der Waals surface area contributed by atoms with Crippen molar-refractivity contribution in [2.45, 2.75) is 58.3 Å². The van der Waals surface area contributed by atoms with Gasteiger partial charge < -0.3 is 24.3 Å². The number of rotatable bonds is 5. The Balaban J connectivity index is 3.23. The summed E-state index contributed by atoms with van der Waals surface area (Å²) < 4.78 is 33.6. The number of hydrogen-bond donors (Lipinski definition) is 1. The van der Waals surface area contributed by atoms with Crippen LogP contribution in [0.1, 0.15) is 27.7 Å². The normalized spacial score (nSPS) is 29.3. The number of amides is 1. The van der Waals surface area contributed by atoms with E-state index in [0.29, 0.717) is 0 Å². The lowest BCUT2D eigenvalue weighted by Gasteiger charge is -2.43. The SMILES string of the molecule is CC(=O)N[C@H]1C(OC(C)=O)O[C@H](CF)[C@H](OC(C)=O)[C@@H]1OC(C)=O. The van der Waals surface area contributed by atoms with Crippen molar-refractivity contribution in [2.24, 2.45) is 0 Å². The van der Waals surface area contributed by atoms with Crippen molar-refractivity contribution in [3.05, 3.63) is 0 Å². The Bertz CT molecular complexity index is 511. The number of hydrogen-bond acceptors (Lipinski definition) is 8. The molecule has 0 spiro atoms. The van der Waals surface area contributed by atoms with Gasteiger partial charge in [0.2, 0.25) is 12.2 Å². The van der Waals surface area contributed by atoms with Crippen molar-refractivity contribution < 1.29 is 42.5 Å². The Morgan fingerprint density at radius 2 is 1.42 bits per heavy atom. The van der Waals surface area contributed by atoms with Crippen LogP contribution in [0.2, 0.25) is 0 Å². The molecular formula is C14H20FNO8. The number of carbonyl (C=O) groups is 4. The Kier molecular flexibility index (Phi) is 7.08. The number of esters is 3. The van der Waals surface area contributed by atoms with Crippen molar-refractivity contribution in [2.75, 3.05) is 6.67 Å². The maximum Gasteiger partial charge on any atom is 0.305 e. The Morgan fingerprint density at radius 1 is 0.917 bits per heavy atom. The smallest absolute Gasteiger partial charge is 0.305 e. The molecule has 0 aromatic heterocycles. The zero-order chi connectivity index (χ0) is 18.4. The highest BCUT2D eigenvalue weighted by Crippen LogP contribution is 2.27. The lowest BCUT2D eigenvalue weighted by molar-refractivity contribution is -0.266. The fraction of sp³-hybridized carbons (Fsp3) is 0.714. The first-order valence-corrected chi connectivity index (χ1v) is 7.15. The summed E-state index contributed by atoms with van der Waals surface area (Å²) in [7, 11) is 0. The molecule has 10 heteroatoms. The van der Waals surface area contributed by atoms with Gasteiger partial charge in [-0.15, -0.1) is 0 Å². The monoisotopic (exact) mass is 349 g/mol. The van der Waals surface area contributed by atoms with E-state index in [2.05, 4.69) is 5.32 Å². The molecule has 1 aliphatic heterocycles.